The second-order valence-corrected chi connectivity index (χ2v) is 10.4. The molecule has 0 aromatic heterocycles. The van der Waals surface area contributed by atoms with Crippen LogP contribution in [0.1, 0.15) is 30.5 Å². The highest BCUT2D eigenvalue weighted by Gasteiger charge is 2.42. The largest absolute Gasteiger partial charge is 0.463 e. The van der Waals surface area contributed by atoms with E-state index >= 15 is 0 Å². The molecule has 5 rings (SSSR count). The van der Waals surface area contributed by atoms with E-state index in [9.17, 15) is 9.59 Å². The molecule has 0 radical (unpaired) electrons. The number of likely N-dealkylation sites (N-methyl/N-ethyl adjacent to an activating group) is 1. The Morgan fingerprint density at radius 3 is 2.43 bits per heavy atom. The number of nitrogens with zero attached hydrogens (tertiary/aromatic N) is 4. The van der Waals surface area contributed by atoms with Crippen LogP contribution in [-0.2, 0) is 14.3 Å². The van der Waals surface area contributed by atoms with Crippen molar-refractivity contribution in [2.75, 3.05) is 39.8 Å². The van der Waals surface area contributed by atoms with Crippen LogP contribution in [0, 0.1) is 0 Å². The molecule has 0 saturated carbocycles. The number of hydrogen-bond acceptors (Lipinski definition) is 7. The lowest BCUT2D eigenvalue weighted by molar-refractivity contribution is -0.139. The Hall–Kier alpha value is -3.07. The van der Waals surface area contributed by atoms with Crippen molar-refractivity contribution in [1.82, 2.24) is 14.7 Å². The van der Waals surface area contributed by atoms with Gasteiger partial charge >= 0.3 is 5.97 Å². The Morgan fingerprint density at radius 1 is 1.05 bits per heavy atom. The number of ether oxygens (including phenoxy) is 1. The normalized spacial score (nSPS) is 19.9. The number of aliphatic imine (C=N–C) groups is 1. The summed E-state index contributed by atoms with van der Waals surface area (Å²) in [6.45, 7) is 5.18. The third-order valence-corrected chi connectivity index (χ3v) is 7.87. The van der Waals surface area contributed by atoms with Crippen LogP contribution in [0.5, 0.6) is 0 Å². The fraction of sp³-hybridized carbons (Fsp3) is 0.321. The average molecular weight is 537 g/mol. The summed E-state index contributed by atoms with van der Waals surface area (Å²) in [5.74, 6) is -0.350. The van der Waals surface area contributed by atoms with Gasteiger partial charge in [0, 0.05) is 42.5 Å². The average Bonchev–Trinajstić information content (AvgIpc) is 3.31. The maximum atomic E-state index is 13.5. The molecule has 1 atom stereocenters. The van der Waals surface area contributed by atoms with Gasteiger partial charge in [-0.05, 0) is 37.1 Å². The van der Waals surface area contributed by atoms with E-state index in [4.69, 9.17) is 21.3 Å². The predicted octanol–water partition coefficient (Wildman–Crippen LogP) is 4.78. The van der Waals surface area contributed by atoms with Crippen molar-refractivity contribution < 1.29 is 14.3 Å². The van der Waals surface area contributed by atoms with Gasteiger partial charge in [0.25, 0.3) is 0 Å². The number of esters is 1. The van der Waals surface area contributed by atoms with Gasteiger partial charge in [-0.25, -0.2) is 9.79 Å². The molecule has 7 nitrogen and oxygen atoms in total. The second kappa shape index (κ2) is 11.1. The molecule has 9 heteroatoms. The van der Waals surface area contributed by atoms with Crippen molar-refractivity contribution in [3.05, 3.63) is 87.4 Å². The molecule has 3 heterocycles. The van der Waals surface area contributed by atoms with Crippen molar-refractivity contribution in [1.29, 1.82) is 0 Å². The standard InChI is InChI=1S/C28H29ClN4O3S/c1-3-36-27(35)24-25(19-7-5-4-6-8-19)30-28-33(26(24)20-9-11-21(29)12-10-20)22(18-37-28)17-23(34)32-15-13-31(2)14-16-32/h4-12,18,26H,3,13-17H2,1-2H3/t26-/m1/s1. The number of fused-ring (bicyclic) bond motifs is 1. The summed E-state index contributed by atoms with van der Waals surface area (Å²) in [4.78, 5) is 37.9. The molecule has 3 aliphatic rings. The quantitative estimate of drug-likeness (QED) is 0.495. The molecule has 192 valence electrons. The highest BCUT2D eigenvalue weighted by atomic mass is 35.5. The van der Waals surface area contributed by atoms with E-state index in [2.05, 4.69) is 11.9 Å². The first-order valence-electron chi connectivity index (χ1n) is 12.4. The lowest BCUT2D eigenvalue weighted by Gasteiger charge is -2.38. The summed E-state index contributed by atoms with van der Waals surface area (Å²) in [5, 5.41) is 3.31. The van der Waals surface area contributed by atoms with Gasteiger partial charge in [0.15, 0.2) is 5.17 Å². The molecule has 1 fully saturated rings. The van der Waals surface area contributed by atoms with Crippen LogP contribution in [0.25, 0.3) is 5.70 Å². The van der Waals surface area contributed by atoms with Gasteiger partial charge in [-0.2, -0.15) is 0 Å². The van der Waals surface area contributed by atoms with Gasteiger partial charge in [-0.1, -0.05) is 65.8 Å². The molecule has 0 spiro atoms. The molecule has 0 unspecified atom stereocenters. The van der Waals surface area contributed by atoms with Gasteiger partial charge in [-0.3, -0.25) is 4.79 Å². The highest BCUT2D eigenvalue weighted by Crippen LogP contribution is 2.47. The minimum absolute atomic E-state index is 0.0755. The van der Waals surface area contributed by atoms with E-state index in [0.29, 0.717) is 29.4 Å². The molecule has 37 heavy (non-hydrogen) atoms. The number of benzene rings is 2. The Kier molecular flexibility index (Phi) is 7.69. The van der Waals surface area contributed by atoms with E-state index in [1.54, 1.807) is 6.92 Å². The molecular formula is C28H29ClN4O3S. The fourth-order valence-corrected chi connectivity index (χ4v) is 5.82. The van der Waals surface area contributed by atoms with Crippen molar-refractivity contribution >= 4 is 46.1 Å². The van der Waals surface area contributed by atoms with Crippen molar-refractivity contribution in [3.63, 3.8) is 0 Å². The summed E-state index contributed by atoms with van der Waals surface area (Å²) < 4.78 is 5.55. The molecule has 0 N–H and O–H groups in total. The number of piperazine rings is 1. The zero-order valence-corrected chi connectivity index (χ0v) is 22.5. The molecule has 0 bridgehead atoms. The first kappa shape index (κ1) is 25.6. The van der Waals surface area contributed by atoms with Gasteiger partial charge in [0.2, 0.25) is 5.91 Å². The van der Waals surface area contributed by atoms with E-state index < -0.39 is 12.0 Å². The molecular weight excluding hydrogens is 508 g/mol. The smallest absolute Gasteiger partial charge is 0.338 e. The lowest BCUT2D eigenvalue weighted by atomic mass is 9.91. The van der Waals surface area contributed by atoms with Crippen LogP contribution in [0.2, 0.25) is 5.02 Å². The van der Waals surface area contributed by atoms with Crippen LogP contribution < -0.4 is 0 Å². The third-order valence-electron chi connectivity index (χ3n) is 6.73. The fourth-order valence-electron chi connectivity index (χ4n) is 4.77. The number of carbonyl (C=O) groups excluding carboxylic acids is 2. The molecule has 2 aromatic rings. The van der Waals surface area contributed by atoms with Crippen molar-refractivity contribution in [3.8, 4) is 0 Å². The van der Waals surface area contributed by atoms with Gasteiger partial charge in [0.05, 0.1) is 30.3 Å². The zero-order valence-electron chi connectivity index (χ0n) is 20.9. The Labute approximate surface area is 226 Å². The predicted molar refractivity (Wildman–Crippen MR) is 148 cm³/mol. The van der Waals surface area contributed by atoms with Gasteiger partial charge < -0.3 is 19.4 Å². The van der Waals surface area contributed by atoms with Crippen LogP contribution in [0.4, 0.5) is 0 Å². The Balaban J connectivity index is 1.57. The maximum Gasteiger partial charge on any atom is 0.338 e. The minimum atomic E-state index is -0.513. The Bertz CT molecular complexity index is 1270. The maximum absolute atomic E-state index is 13.5. The van der Waals surface area contributed by atoms with Gasteiger partial charge in [0.1, 0.15) is 0 Å². The summed E-state index contributed by atoms with van der Waals surface area (Å²) in [6, 6.07) is 16.6. The topological polar surface area (TPSA) is 65.5 Å². The van der Waals surface area contributed by atoms with E-state index in [0.717, 1.165) is 35.1 Å². The van der Waals surface area contributed by atoms with Crippen molar-refractivity contribution in [2.24, 2.45) is 4.99 Å². The summed E-state index contributed by atoms with van der Waals surface area (Å²) in [5.41, 5.74) is 3.55. The lowest BCUT2D eigenvalue weighted by Crippen LogP contribution is -2.47. The molecule has 1 amide bonds. The monoisotopic (exact) mass is 536 g/mol. The van der Waals surface area contributed by atoms with Crippen LogP contribution >= 0.6 is 23.4 Å². The number of carbonyl (C=O) groups is 2. The van der Waals surface area contributed by atoms with Crippen LogP contribution in [-0.4, -0.2) is 71.6 Å². The summed E-state index contributed by atoms with van der Waals surface area (Å²) in [6.07, 6.45) is 0.233. The first-order valence-corrected chi connectivity index (χ1v) is 13.6. The first-order chi connectivity index (χ1) is 18.0. The van der Waals surface area contributed by atoms with Crippen molar-refractivity contribution in [2.45, 2.75) is 19.4 Å². The number of amidine groups is 1. The molecule has 0 aliphatic carbocycles. The number of thioether (sulfide) groups is 1. The third kappa shape index (κ3) is 5.32. The van der Waals surface area contributed by atoms with E-state index in [1.807, 2.05) is 69.8 Å². The SMILES string of the molecule is CCOC(=O)C1=C(c2ccccc2)N=C2SC=C(CC(=O)N3CCN(C)CC3)N2[C@@H]1c1ccc(Cl)cc1. The second-order valence-electron chi connectivity index (χ2n) is 9.16. The number of amides is 1. The van der Waals surface area contributed by atoms with Crippen LogP contribution in [0.15, 0.2) is 76.3 Å². The number of rotatable bonds is 6. The summed E-state index contributed by atoms with van der Waals surface area (Å²) >= 11 is 7.69. The van der Waals surface area contributed by atoms with Crippen LogP contribution in [0.3, 0.4) is 0 Å². The molecule has 1 saturated heterocycles. The Morgan fingerprint density at radius 2 is 1.76 bits per heavy atom. The number of halogens is 1. The number of hydrogen-bond donors (Lipinski definition) is 0. The highest BCUT2D eigenvalue weighted by molar-refractivity contribution is 8.16. The zero-order chi connectivity index (χ0) is 25.9. The summed E-state index contributed by atoms with van der Waals surface area (Å²) in [7, 11) is 2.07. The minimum Gasteiger partial charge on any atom is -0.463 e. The van der Waals surface area contributed by atoms with Gasteiger partial charge in [-0.15, -0.1) is 0 Å². The van der Waals surface area contributed by atoms with E-state index in [1.165, 1.54) is 11.8 Å². The molecule has 3 aliphatic heterocycles. The van der Waals surface area contributed by atoms with E-state index in [-0.39, 0.29) is 18.9 Å². The molecule has 2 aromatic carbocycles.